The van der Waals surface area contributed by atoms with E-state index < -0.39 is 11.7 Å². The Hall–Kier alpha value is -3.35. The van der Waals surface area contributed by atoms with E-state index in [-0.39, 0.29) is 12.5 Å². The number of carbonyl (C=O) groups excluding carboxylic acids is 3. The van der Waals surface area contributed by atoms with Crippen molar-refractivity contribution < 1.29 is 23.9 Å². The smallest absolute Gasteiger partial charge is 0.410 e. The van der Waals surface area contributed by atoms with Gasteiger partial charge in [-0.3, -0.25) is 14.5 Å². The Bertz CT molecular complexity index is 919. The molecule has 152 valence electrons. The van der Waals surface area contributed by atoms with E-state index in [1.165, 1.54) is 4.90 Å². The monoisotopic (exact) mass is 396 g/mol. The van der Waals surface area contributed by atoms with Gasteiger partial charge in [0.05, 0.1) is 11.3 Å². The molecule has 2 aromatic rings. The minimum atomic E-state index is -0.621. The number of rotatable bonds is 4. The number of anilines is 1. The molecule has 1 aliphatic rings. The van der Waals surface area contributed by atoms with Gasteiger partial charge in [0.2, 0.25) is 5.91 Å². The maximum absolute atomic E-state index is 12.8. The number of hydrogen-bond donors (Lipinski definition) is 0. The van der Waals surface area contributed by atoms with Gasteiger partial charge in [0.15, 0.2) is 12.0 Å². The van der Waals surface area contributed by atoms with E-state index in [4.69, 9.17) is 9.47 Å². The van der Waals surface area contributed by atoms with Gasteiger partial charge in [-0.15, -0.1) is 0 Å². The summed E-state index contributed by atoms with van der Waals surface area (Å²) in [5.41, 5.74) is 0.384. The first-order chi connectivity index (χ1) is 13.8. The fourth-order valence-electron chi connectivity index (χ4n) is 2.97. The molecule has 0 aliphatic carbocycles. The van der Waals surface area contributed by atoms with Crippen LogP contribution >= 0.6 is 0 Å². The molecular weight excluding hydrogens is 372 g/mol. The van der Waals surface area contributed by atoms with Crippen molar-refractivity contribution in [2.24, 2.45) is 0 Å². The summed E-state index contributed by atoms with van der Waals surface area (Å²) in [7, 11) is 0. The molecule has 7 heteroatoms. The number of para-hydroxylation sites is 3. The topological polar surface area (TPSA) is 76.2 Å². The molecular formula is C22H24N2O5. The molecule has 0 bridgehead atoms. The molecule has 0 unspecified atom stereocenters. The Morgan fingerprint density at radius 2 is 1.66 bits per heavy atom. The molecule has 7 nitrogen and oxygen atoms in total. The standard InChI is InChI=1S/C22H24N2O5/c1-22(2,3)29-21(27)23-12-13-24(20(26)14-23)17-9-5-7-11-19(17)28-18-10-6-4-8-16(18)15-25/h4-11,15H,12-14H2,1-3H3. The normalized spacial score (nSPS) is 14.5. The molecule has 2 aromatic carbocycles. The van der Waals surface area contributed by atoms with Gasteiger partial charge in [-0.1, -0.05) is 24.3 Å². The third-order valence-electron chi connectivity index (χ3n) is 4.29. The zero-order chi connectivity index (χ0) is 21.0. The van der Waals surface area contributed by atoms with Crippen LogP contribution in [0.5, 0.6) is 11.5 Å². The van der Waals surface area contributed by atoms with Crippen LogP contribution in [0.15, 0.2) is 48.5 Å². The largest absolute Gasteiger partial charge is 0.454 e. The quantitative estimate of drug-likeness (QED) is 0.733. The number of hydrogen-bond acceptors (Lipinski definition) is 5. The molecule has 0 spiro atoms. The van der Waals surface area contributed by atoms with Gasteiger partial charge < -0.3 is 14.4 Å². The molecule has 3 rings (SSSR count). The summed E-state index contributed by atoms with van der Waals surface area (Å²) in [6.45, 7) is 5.94. The van der Waals surface area contributed by atoms with Gasteiger partial charge >= 0.3 is 6.09 Å². The van der Waals surface area contributed by atoms with Crippen molar-refractivity contribution in [3.63, 3.8) is 0 Å². The Kier molecular flexibility index (Phi) is 5.87. The van der Waals surface area contributed by atoms with Gasteiger partial charge in [-0.05, 0) is 45.0 Å². The van der Waals surface area contributed by atoms with Crippen LogP contribution in [0.4, 0.5) is 10.5 Å². The third-order valence-corrected chi connectivity index (χ3v) is 4.29. The lowest BCUT2D eigenvalue weighted by atomic mass is 10.2. The second kappa shape index (κ2) is 8.34. The van der Waals surface area contributed by atoms with E-state index in [0.717, 1.165) is 6.29 Å². The fourth-order valence-corrected chi connectivity index (χ4v) is 2.97. The first kappa shape index (κ1) is 20.4. The maximum atomic E-state index is 12.8. The highest BCUT2D eigenvalue weighted by Crippen LogP contribution is 2.34. The summed E-state index contributed by atoms with van der Waals surface area (Å²) >= 11 is 0. The van der Waals surface area contributed by atoms with E-state index in [0.29, 0.717) is 35.8 Å². The summed E-state index contributed by atoms with van der Waals surface area (Å²) in [5.74, 6) is 0.637. The second-order valence-electron chi connectivity index (χ2n) is 7.67. The first-order valence-electron chi connectivity index (χ1n) is 9.38. The van der Waals surface area contributed by atoms with Crippen LogP contribution in [0.1, 0.15) is 31.1 Å². The molecule has 0 radical (unpaired) electrons. The Morgan fingerprint density at radius 3 is 2.31 bits per heavy atom. The lowest BCUT2D eigenvalue weighted by Crippen LogP contribution is -2.53. The van der Waals surface area contributed by atoms with Gasteiger partial charge in [-0.25, -0.2) is 4.79 Å². The van der Waals surface area contributed by atoms with Gasteiger partial charge in [0, 0.05) is 13.1 Å². The second-order valence-corrected chi connectivity index (χ2v) is 7.67. The van der Waals surface area contributed by atoms with Gasteiger partial charge in [0.1, 0.15) is 17.9 Å². The molecule has 0 saturated carbocycles. The molecule has 1 aliphatic heterocycles. The van der Waals surface area contributed by atoms with E-state index in [1.807, 2.05) is 0 Å². The zero-order valence-corrected chi connectivity index (χ0v) is 16.8. The fraction of sp³-hybridized carbons (Fsp3) is 0.318. The molecule has 0 atom stereocenters. The number of aldehydes is 1. The van der Waals surface area contributed by atoms with Gasteiger partial charge in [0.25, 0.3) is 0 Å². The molecule has 0 aromatic heterocycles. The van der Waals surface area contributed by atoms with Crippen molar-refractivity contribution in [3.05, 3.63) is 54.1 Å². The van der Waals surface area contributed by atoms with E-state index in [2.05, 4.69) is 0 Å². The molecule has 0 N–H and O–H groups in total. The van der Waals surface area contributed by atoms with Crippen LogP contribution in [0.25, 0.3) is 0 Å². The Labute approximate surface area is 169 Å². The van der Waals surface area contributed by atoms with Crippen LogP contribution in [0.2, 0.25) is 0 Å². The predicted molar refractivity (Wildman–Crippen MR) is 109 cm³/mol. The zero-order valence-electron chi connectivity index (χ0n) is 16.8. The summed E-state index contributed by atoms with van der Waals surface area (Å²) in [6.07, 6.45) is 0.220. The predicted octanol–water partition coefficient (Wildman–Crippen LogP) is 3.88. The number of benzene rings is 2. The van der Waals surface area contributed by atoms with Crippen LogP contribution < -0.4 is 9.64 Å². The van der Waals surface area contributed by atoms with E-state index in [9.17, 15) is 14.4 Å². The van der Waals surface area contributed by atoms with Crippen LogP contribution in [-0.4, -0.2) is 48.4 Å². The highest BCUT2D eigenvalue weighted by Gasteiger charge is 2.32. The first-order valence-corrected chi connectivity index (χ1v) is 9.38. The average molecular weight is 396 g/mol. The highest BCUT2D eigenvalue weighted by molar-refractivity contribution is 5.98. The average Bonchev–Trinajstić information content (AvgIpc) is 2.67. The lowest BCUT2D eigenvalue weighted by molar-refractivity contribution is -0.121. The van der Waals surface area contributed by atoms with Crippen LogP contribution in [-0.2, 0) is 9.53 Å². The molecule has 1 heterocycles. The lowest BCUT2D eigenvalue weighted by Gasteiger charge is -2.35. The number of ether oxygens (including phenoxy) is 2. The summed E-state index contributed by atoms with van der Waals surface area (Å²) in [5, 5.41) is 0. The molecule has 1 fully saturated rings. The maximum Gasteiger partial charge on any atom is 0.410 e. The van der Waals surface area contributed by atoms with Crippen molar-refractivity contribution in [2.75, 3.05) is 24.5 Å². The van der Waals surface area contributed by atoms with Crippen molar-refractivity contribution in [1.82, 2.24) is 4.90 Å². The van der Waals surface area contributed by atoms with Crippen molar-refractivity contribution in [3.8, 4) is 11.5 Å². The number of nitrogens with zero attached hydrogens (tertiary/aromatic N) is 2. The Morgan fingerprint density at radius 1 is 1.00 bits per heavy atom. The number of piperazine rings is 1. The molecule has 2 amide bonds. The number of amides is 2. The summed E-state index contributed by atoms with van der Waals surface area (Å²) in [6, 6.07) is 14.0. The molecule has 1 saturated heterocycles. The third kappa shape index (κ3) is 4.93. The summed E-state index contributed by atoms with van der Waals surface area (Å²) < 4.78 is 11.3. The van der Waals surface area contributed by atoms with Crippen molar-refractivity contribution >= 4 is 24.0 Å². The van der Waals surface area contributed by atoms with Crippen LogP contribution in [0, 0.1) is 0 Å². The van der Waals surface area contributed by atoms with Crippen LogP contribution in [0.3, 0.4) is 0 Å². The Balaban J connectivity index is 1.78. The minimum Gasteiger partial charge on any atom is -0.454 e. The SMILES string of the molecule is CC(C)(C)OC(=O)N1CCN(c2ccccc2Oc2ccccc2C=O)C(=O)C1. The van der Waals surface area contributed by atoms with E-state index >= 15 is 0 Å². The van der Waals surface area contributed by atoms with E-state index in [1.54, 1.807) is 74.2 Å². The van der Waals surface area contributed by atoms with Crippen molar-refractivity contribution in [1.29, 1.82) is 0 Å². The van der Waals surface area contributed by atoms with Crippen molar-refractivity contribution in [2.45, 2.75) is 26.4 Å². The highest BCUT2D eigenvalue weighted by atomic mass is 16.6. The molecule has 29 heavy (non-hydrogen) atoms. The van der Waals surface area contributed by atoms with Gasteiger partial charge in [-0.2, -0.15) is 0 Å². The summed E-state index contributed by atoms with van der Waals surface area (Å²) in [4.78, 5) is 39.3. The number of carbonyl (C=O) groups is 3. The minimum absolute atomic E-state index is 0.0752.